The molecule has 24 heavy (non-hydrogen) atoms. The molecule has 3 heterocycles. The maximum Gasteiger partial charge on any atom is 0.347 e. The molecule has 0 saturated carbocycles. The summed E-state index contributed by atoms with van der Waals surface area (Å²) >= 11 is 0. The summed E-state index contributed by atoms with van der Waals surface area (Å²) in [7, 11) is 0. The number of rotatable bonds is 3. The van der Waals surface area contributed by atoms with Crippen molar-refractivity contribution in [2.75, 3.05) is 31.1 Å². The van der Waals surface area contributed by atoms with E-state index in [2.05, 4.69) is 16.0 Å². The van der Waals surface area contributed by atoms with Crippen LogP contribution >= 0.6 is 0 Å². The Hall–Kier alpha value is -3.21. The number of amides is 1. The molecule has 0 radical (unpaired) electrons. The smallest absolute Gasteiger partial charge is 0.347 e. The molecule has 1 aliphatic rings. The van der Waals surface area contributed by atoms with Gasteiger partial charge in [-0.2, -0.15) is 5.26 Å². The number of pyridine rings is 1. The van der Waals surface area contributed by atoms with Crippen molar-refractivity contribution < 1.29 is 4.79 Å². The Morgan fingerprint density at radius 3 is 2.71 bits per heavy atom. The van der Waals surface area contributed by atoms with E-state index < -0.39 is 5.69 Å². The Labute approximate surface area is 138 Å². The lowest BCUT2D eigenvalue weighted by molar-refractivity contribution is -0.132. The van der Waals surface area contributed by atoms with E-state index in [1.54, 1.807) is 35.5 Å². The first kappa shape index (κ1) is 15.7. The first-order valence-electron chi connectivity index (χ1n) is 7.58. The lowest BCUT2D eigenvalue weighted by Gasteiger charge is -2.35. The van der Waals surface area contributed by atoms with E-state index in [4.69, 9.17) is 5.26 Å². The van der Waals surface area contributed by atoms with Crippen molar-refractivity contribution in [2.24, 2.45) is 0 Å². The van der Waals surface area contributed by atoms with Gasteiger partial charge in [0.15, 0.2) is 0 Å². The minimum atomic E-state index is -0.429. The number of aromatic nitrogens is 3. The standard InChI is InChI=1S/C16H16N6O2/c17-11-13-2-4-18-14(10-13)20-6-8-21(9-7-20)15(23)12-22-5-1-3-19-16(22)24/h1-5,10H,6-9,12H2. The molecule has 0 spiro atoms. The zero-order chi connectivity index (χ0) is 16.9. The van der Waals surface area contributed by atoms with Crippen molar-refractivity contribution in [1.82, 2.24) is 19.4 Å². The summed E-state index contributed by atoms with van der Waals surface area (Å²) in [6.07, 6.45) is 4.57. The van der Waals surface area contributed by atoms with E-state index in [9.17, 15) is 9.59 Å². The highest BCUT2D eigenvalue weighted by Crippen LogP contribution is 2.15. The van der Waals surface area contributed by atoms with Crippen LogP contribution < -0.4 is 10.6 Å². The zero-order valence-electron chi connectivity index (χ0n) is 13.0. The third-order valence-electron chi connectivity index (χ3n) is 3.92. The average Bonchev–Trinajstić information content (AvgIpc) is 2.64. The highest BCUT2D eigenvalue weighted by atomic mass is 16.2. The zero-order valence-corrected chi connectivity index (χ0v) is 13.0. The number of hydrogen-bond acceptors (Lipinski definition) is 6. The molecule has 3 rings (SSSR count). The Morgan fingerprint density at radius 1 is 1.21 bits per heavy atom. The van der Waals surface area contributed by atoms with E-state index in [-0.39, 0.29) is 12.5 Å². The highest BCUT2D eigenvalue weighted by Gasteiger charge is 2.22. The topological polar surface area (TPSA) is 95.1 Å². The van der Waals surface area contributed by atoms with Gasteiger partial charge in [0.2, 0.25) is 5.91 Å². The van der Waals surface area contributed by atoms with Crippen LogP contribution in [0.15, 0.2) is 41.6 Å². The number of carbonyl (C=O) groups excluding carboxylic acids is 1. The molecule has 0 atom stereocenters. The fraction of sp³-hybridized carbons (Fsp3) is 0.312. The van der Waals surface area contributed by atoms with Gasteiger partial charge in [0, 0.05) is 44.8 Å². The Kier molecular flexibility index (Phi) is 4.52. The van der Waals surface area contributed by atoms with Gasteiger partial charge in [-0.1, -0.05) is 0 Å². The van der Waals surface area contributed by atoms with Crippen LogP contribution in [-0.4, -0.2) is 51.5 Å². The molecule has 0 aromatic carbocycles. The minimum Gasteiger partial charge on any atom is -0.353 e. The van der Waals surface area contributed by atoms with Crippen LogP contribution in [0.4, 0.5) is 5.82 Å². The molecule has 0 unspecified atom stereocenters. The number of carbonyl (C=O) groups is 1. The molecular formula is C16H16N6O2. The van der Waals surface area contributed by atoms with Crippen LogP contribution in [0.2, 0.25) is 0 Å². The van der Waals surface area contributed by atoms with Gasteiger partial charge >= 0.3 is 5.69 Å². The van der Waals surface area contributed by atoms with E-state index >= 15 is 0 Å². The van der Waals surface area contributed by atoms with Gasteiger partial charge in [-0.15, -0.1) is 0 Å². The van der Waals surface area contributed by atoms with E-state index in [1.165, 1.54) is 10.8 Å². The Bertz CT molecular complexity index is 833. The van der Waals surface area contributed by atoms with Crippen LogP contribution in [0.3, 0.4) is 0 Å². The highest BCUT2D eigenvalue weighted by molar-refractivity contribution is 5.76. The fourth-order valence-corrected chi connectivity index (χ4v) is 2.60. The monoisotopic (exact) mass is 324 g/mol. The van der Waals surface area contributed by atoms with Gasteiger partial charge in [0.1, 0.15) is 12.4 Å². The van der Waals surface area contributed by atoms with Crippen LogP contribution in [0.25, 0.3) is 0 Å². The fourth-order valence-electron chi connectivity index (χ4n) is 2.60. The van der Waals surface area contributed by atoms with E-state index in [0.717, 1.165) is 5.82 Å². The first-order chi connectivity index (χ1) is 11.7. The molecule has 1 saturated heterocycles. The van der Waals surface area contributed by atoms with Gasteiger partial charge in [-0.3, -0.25) is 9.36 Å². The summed E-state index contributed by atoms with van der Waals surface area (Å²) in [5.74, 6) is 0.633. The first-order valence-corrected chi connectivity index (χ1v) is 7.58. The molecule has 122 valence electrons. The SMILES string of the molecule is N#Cc1ccnc(N2CCN(C(=O)Cn3cccnc3=O)CC2)c1. The van der Waals surface area contributed by atoms with Crippen LogP contribution in [0.5, 0.6) is 0 Å². The average molecular weight is 324 g/mol. The molecule has 0 N–H and O–H groups in total. The quantitative estimate of drug-likeness (QED) is 0.780. The molecule has 1 aliphatic heterocycles. The van der Waals surface area contributed by atoms with E-state index in [0.29, 0.717) is 31.7 Å². The second kappa shape index (κ2) is 6.91. The third-order valence-corrected chi connectivity index (χ3v) is 3.92. The molecule has 0 aliphatic carbocycles. The number of hydrogen-bond donors (Lipinski definition) is 0. The van der Waals surface area contributed by atoms with Gasteiger partial charge in [0.25, 0.3) is 0 Å². The largest absolute Gasteiger partial charge is 0.353 e. The molecular weight excluding hydrogens is 308 g/mol. The second-order valence-electron chi connectivity index (χ2n) is 5.41. The van der Waals surface area contributed by atoms with E-state index in [1.807, 2.05) is 4.90 Å². The number of nitrogens with zero attached hydrogens (tertiary/aromatic N) is 6. The number of piperazine rings is 1. The predicted octanol–water partition coefficient (Wildman–Crippen LogP) is -0.141. The molecule has 1 fully saturated rings. The number of anilines is 1. The van der Waals surface area contributed by atoms with Gasteiger partial charge < -0.3 is 9.80 Å². The number of nitriles is 1. The van der Waals surface area contributed by atoms with Crippen LogP contribution in [0, 0.1) is 11.3 Å². The Balaban J connectivity index is 1.60. The summed E-state index contributed by atoms with van der Waals surface area (Å²) in [4.78, 5) is 35.6. The molecule has 1 amide bonds. The molecule has 8 nitrogen and oxygen atoms in total. The summed E-state index contributed by atoms with van der Waals surface area (Å²) in [6.45, 7) is 2.36. The van der Waals surface area contributed by atoms with Crippen molar-refractivity contribution in [1.29, 1.82) is 5.26 Å². The Morgan fingerprint density at radius 2 is 2.00 bits per heavy atom. The predicted molar refractivity (Wildman–Crippen MR) is 86.2 cm³/mol. The van der Waals surface area contributed by atoms with Gasteiger partial charge in [0.05, 0.1) is 11.6 Å². The van der Waals surface area contributed by atoms with Crippen molar-refractivity contribution in [3.05, 3.63) is 52.8 Å². The second-order valence-corrected chi connectivity index (χ2v) is 5.41. The summed E-state index contributed by atoms with van der Waals surface area (Å²) in [6, 6.07) is 7.13. The lowest BCUT2D eigenvalue weighted by atomic mass is 10.2. The molecule has 2 aromatic heterocycles. The maximum atomic E-state index is 12.3. The van der Waals surface area contributed by atoms with Gasteiger partial charge in [-0.25, -0.2) is 14.8 Å². The molecule has 8 heteroatoms. The maximum absolute atomic E-state index is 12.3. The van der Waals surface area contributed by atoms with Crippen molar-refractivity contribution in [3.63, 3.8) is 0 Å². The molecule has 0 bridgehead atoms. The molecule has 2 aromatic rings. The van der Waals surface area contributed by atoms with Crippen molar-refractivity contribution in [2.45, 2.75) is 6.54 Å². The van der Waals surface area contributed by atoms with Gasteiger partial charge in [-0.05, 0) is 18.2 Å². The van der Waals surface area contributed by atoms with Crippen molar-refractivity contribution in [3.8, 4) is 6.07 Å². The van der Waals surface area contributed by atoms with Crippen molar-refractivity contribution >= 4 is 11.7 Å². The summed E-state index contributed by atoms with van der Waals surface area (Å²) in [5, 5.41) is 8.96. The van der Waals surface area contributed by atoms with Crippen LogP contribution in [-0.2, 0) is 11.3 Å². The lowest BCUT2D eigenvalue weighted by Crippen LogP contribution is -2.50. The normalized spacial score (nSPS) is 14.3. The third kappa shape index (κ3) is 3.41. The minimum absolute atomic E-state index is 0.00512. The summed E-state index contributed by atoms with van der Waals surface area (Å²) < 4.78 is 1.30. The van der Waals surface area contributed by atoms with Crippen LogP contribution in [0.1, 0.15) is 5.56 Å². The summed E-state index contributed by atoms with van der Waals surface area (Å²) in [5.41, 5.74) is 0.136.